The maximum Gasteiger partial charge on any atom is 0.162 e. The van der Waals surface area contributed by atoms with Crippen LogP contribution in [-0.4, -0.2) is 23.7 Å². The SMILES string of the molecule is CCOc1cc(Br)c(C=C(C#N)c2nc3ccc(C)cc3[nH]2)cc1OC. The minimum atomic E-state index is 0.436. The van der Waals surface area contributed by atoms with Crippen LogP contribution in [0.15, 0.2) is 34.8 Å². The average molecular weight is 412 g/mol. The van der Waals surface area contributed by atoms with Crippen LogP contribution in [0.5, 0.6) is 11.5 Å². The molecule has 1 N–H and O–H groups in total. The second-order valence-electron chi connectivity index (χ2n) is 5.73. The summed E-state index contributed by atoms with van der Waals surface area (Å²) in [6.07, 6.45) is 1.77. The molecule has 0 atom stereocenters. The monoisotopic (exact) mass is 411 g/mol. The summed E-state index contributed by atoms with van der Waals surface area (Å²) in [4.78, 5) is 7.74. The molecule has 0 fully saturated rings. The number of aryl methyl sites for hydroxylation is 1. The van der Waals surface area contributed by atoms with Gasteiger partial charge >= 0.3 is 0 Å². The predicted molar refractivity (Wildman–Crippen MR) is 106 cm³/mol. The van der Waals surface area contributed by atoms with Crippen molar-refractivity contribution >= 4 is 38.6 Å². The number of benzene rings is 2. The first kappa shape index (κ1) is 18.0. The molecular formula is C20H18BrN3O2. The highest BCUT2D eigenvalue weighted by Gasteiger charge is 2.12. The second-order valence-corrected chi connectivity index (χ2v) is 6.59. The van der Waals surface area contributed by atoms with E-state index in [1.54, 1.807) is 13.2 Å². The molecule has 0 aliphatic rings. The topological polar surface area (TPSA) is 70.9 Å². The third-order valence-corrected chi connectivity index (χ3v) is 4.58. The van der Waals surface area contributed by atoms with E-state index in [2.05, 4.69) is 32.0 Å². The number of nitriles is 1. The van der Waals surface area contributed by atoms with Gasteiger partial charge in [0.05, 0.1) is 30.3 Å². The van der Waals surface area contributed by atoms with Gasteiger partial charge < -0.3 is 14.5 Å². The number of nitrogens with zero attached hydrogens (tertiary/aromatic N) is 2. The zero-order valence-corrected chi connectivity index (χ0v) is 16.3. The van der Waals surface area contributed by atoms with Gasteiger partial charge in [0.15, 0.2) is 11.5 Å². The van der Waals surface area contributed by atoms with Crippen molar-refractivity contribution in [3.05, 3.63) is 51.8 Å². The molecule has 0 saturated heterocycles. The molecule has 2 aromatic carbocycles. The Morgan fingerprint density at radius 2 is 2.12 bits per heavy atom. The minimum absolute atomic E-state index is 0.436. The summed E-state index contributed by atoms with van der Waals surface area (Å²) in [6, 6.07) is 11.8. The van der Waals surface area contributed by atoms with Gasteiger partial charge in [-0.3, -0.25) is 0 Å². The molecule has 132 valence electrons. The highest BCUT2D eigenvalue weighted by Crippen LogP contribution is 2.35. The molecule has 0 spiro atoms. The highest BCUT2D eigenvalue weighted by atomic mass is 79.9. The van der Waals surface area contributed by atoms with Crippen molar-refractivity contribution in [2.45, 2.75) is 13.8 Å². The van der Waals surface area contributed by atoms with Crippen LogP contribution in [0, 0.1) is 18.3 Å². The standard InChI is InChI=1S/C20H18BrN3O2/c1-4-26-19-10-15(21)13(9-18(19)25-3)8-14(11-22)20-23-16-6-5-12(2)7-17(16)24-20/h5-10H,4H2,1-3H3,(H,23,24). The lowest BCUT2D eigenvalue weighted by Crippen LogP contribution is -1.96. The van der Waals surface area contributed by atoms with Gasteiger partial charge in [0.2, 0.25) is 0 Å². The molecule has 6 heteroatoms. The number of fused-ring (bicyclic) bond motifs is 1. The largest absolute Gasteiger partial charge is 0.493 e. The first-order valence-electron chi connectivity index (χ1n) is 8.14. The molecule has 0 unspecified atom stereocenters. The number of aromatic amines is 1. The summed E-state index contributed by atoms with van der Waals surface area (Å²) in [5.74, 6) is 1.79. The molecule has 0 amide bonds. The quantitative estimate of drug-likeness (QED) is 0.592. The smallest absolute Gasteiger partial charge is 0.162 e. The zero-order valence-electron chi connectivity index (χ0n) is 14.8. The maximum atomic E-state index is 9.63. The summed E-state index contributed by atoms with van der Waals surface area (Å²) in [7, 11) is 1.59. The van der Waals surface area contributed by atoms with Crippen LogP contribution in [0.2, 0.25) is 0 Å². The van der Waals surface area contributed by atoms with Gasteiger partial charge in [-0.25, -0.2) is 4.98 Å². The Morgan fingerprint density at radius 3 is 2.81 bits per heavy atom. The number of methoxy groups -OCH3 is 1. The lowest BCUT2D eigenvalue weighted by molar-refractivity contribution is 0.310. The Bertz CT molecular complexity index is 1030. The summed E-state index contributed by atoms with van der Waals surface area (Å²) >= 11 is 3.53. The van der Waals surface area contributed by atoms with E-state index in [0.29, 0.717) is 29.5 Å². The number of allylic oxidation sites excluding steroid dienone is 1. The van der Waals surface area contributed by atoms with Crippen molar-refractivity contribution in [1.29, 1.82) is 5.26 Å². The number of hydrogen-bond acceptors (Lipinski definition) is 4. The molecule has 3 rings (SSSR count). The van der Waals surface area contributed by atoms with Crippen LogP contribution >= 0.6 is 15.9 Å². The van der Waals surface area contributed by atoms with E-state index in [9.17, 15) is 5.26 Å². The summed E-state index contributed by atoms with van der Waals surface area (Å²) in [5, 5.41) is 9.63. The van der Waals surface area contributed by atoms with E-state index in [4.69, 9.17) is 9.47 Å². The molecule has 1 aromatic heterocycles. The Balaban J connectivity index is 2.07. The van der Waals surface area contributed by atoms with E-state index in [1.165, 1.54) is 0 Å². The molecule has 3 aromatic rings. The number of H-pyrrole nitrogens is 1. The molecule has 0 aliphatic heterocycles. The normalized spacial score (nSPS) is 11.4. The van der Waals surface area contributed by atoms with Gasteiger partial charge in [0.25, 0.3) is 0 Å². The average Bonchev–Trinajstić information content (AvgIpc) is 3.04. The fourth-order valence-corrected chi connectivity index (χ4v) is 3.09. The minimum Gasteiger partial charge on any atom is -0.493 e. The molecule has 0 radical (unpaired) electrons. The van der Waals surface area contributed by atoms with E-state index < -0.39 is 0 Å². The van der Waals surface area contributed by atoms with Gasteiger partial charge in [-0.05, 0) is 55.3 Å². The van der Waals surface area contributed by atoms with Crippen molar-refractivity contribution < 1.29 is 9.47 Å². The van der Waals surface area contributed by atoms with Crippen molar-refractivity contribution in [2.24, 2.45) is 0 Å². The van der Waals surface area contributed by atoms with Crippen LogP contribution in [-0.2, 0) is 0 Å². The van der Waals surface area contributed by atoms with E-state index >= 15 is 0 Å². The molecule has 26 heavy (non-hydrogen) atoms. The summed E-state index contributed by atoms with van der Waals surface area (Å²) in [5.41, 5.74) is 4.11. The van der Waals surface area contributed by atoms with Gasteiger partial charge in [-0.2, -0.15) is 5.26 Å². The van der Waals surface area contributed by atoms with Crippen molar-refractivity contribution in [3.8, 4) is 17.6 Å². The van der Waals surface area contributed by atoms with Crippen LogP contribution in [0.1, 0.15) is 23.9 Å². The maximum absolute atomic E-state index is 9.63. The van der Waals surface area contributed by atoms with Gasteiger partial charge in [-0.15, -0.1) is 0 Å². The van der Waals surface area contributed by atoms with E-state index in [1.807, 2.05) is 44.2 Å². The second kappa shape index (κ2) is 7.63. The molecular weight excluding hydrogens is 394 g/mol. The summed E-state index contributed by atoms with van der Waals surface area (Å²) < 4.78 is 11.8. The van der Waals surface area contributed by atoms with Gasteiger partial charge in [-0.1, -0.05) is 22.0 Å². The van der Waals surface area contributed by atoms with Crippen molar-refractivity contribution in [3.63, 3.8) is 0 Å². The zero-order chi connectivity index (χ0) is 18.7. The van der Waals surface area contributed by atoms with Crippen LogP contribution in [0.4, 0.5) is 0 Å². The summed E-state index contributed by atoms with van der Waals surface area (Å²) in [6.45, 7) is 4.47. The first-order chi connectivity index (χ1) is 12.5. The first-order valence-corrected chi connectivity index (χ1v) is 8.94. The lowest BCUT2D eigenvalue weighted by atomic mass is 10.1. The number of halogens is 1. The number of aromatic nitrogens is 2. The molecule has 0 saturated carbocycles. The molecule has 1 heterocycles. The molecule has 0 bridgehead atoms. The lowest BCUT2D eigenvalue weighted by Gasteiger charge is -2.11. The van der Waals surface area contributed by atoms with Crippen molar-refractivity contribution in [2.75, 3.05) is 13.7 Å². The van der Waals surface area contributed by atoms with Crippen LogP contribution < -0.4 is 9.47 Å². The van der Waals surface area contributed by atoms with E-state index in [-0.39, 0.29) is 0 Å². The fraction of sp³-hybridized carbons (Fsp3) is 0.200. The van der Waals surface area contributed by atoms with Gasteiger partial charge in [0.1, 0.15) is 11.9 Å². The predicted octanol–water partition coefficient (Wildman–Crippen LogP) is 5.11. The number of nitrogens with one attached hydrogen (secondary N) is 1. The van der Waals surface area contributed by atoms with Gasteiger partial charge in [0, 0.05) is 4.47 Å². The van der Waals surface area contributed by atoms with Crippen LogP contribution in [0.25, 0.3) is 22.7 Å². The molecule has 0 aliphatic carbocycles. The molecule has 5 nitrogen and oxygen atoms in total. The number of hydrogen-bond donors (Lipinski definition) is 1. The number of ether oxygens (including phenoxy) is 2. The Labute approximate surface area is 160 Å². The number of rotatable bonds is 5. The van der Waals surface area contributed by atoms with Crippen molar-refractivity contribution in [1.82, 2.24) is 9.97 Å². The Kier molecular flexibility index (Phi) is 5.29. The van der Waals surface area contributed by atoms with E-state index in [0.717, 1.165) is 26.6 Å². The Morgan fingerprint density at radius 1 is 1.31 bits per heavy atom. The third kappa shape index (κ3) is 3.58. The highest BCUT2D eigenvalue weighted by molar-refractivity contribution is 9.10. The Hall–Kier alpha value is -2.78. The number of imidazole rings is 1. The van der Waals surface area contributed by atoms with Crippen LogP contribution in [0.3, 0.4) is 0 Å². The fourth-order valence-electron chi connectivity index (χ4n) is 2.65. The third-order valence-electron chi connectivity index (χ3n) is 3.90.